The van der Waals surface area contributed by atoms with E-state index in [1.165, 1.54) is 11.8 Å². The fourth-order valence-corrected chi connectivity index (χ4v) is 3.70. The van der Waals surface area contributed by atoms with Crippen molar-refractivity contribution >= 4 is 28.7 Å². The number of rotatable bonds is 5. The van der Waals surface area contributed by atoms with E-state index in [0.717, 1.165) is 23.0 Å². The van der Waals surface area contributed by atoms with Crippen LogP contribution >= 0.6 is 0 Å². The topological polar surface area (TPSA) is 107 Å². The number of nitrogens with one attached hydrogen (secondary N) is 1. The van der Waals surface area contributed by atoms with E-state index < -0.39 is 5.97 Å². The van der Waals surface area contributed by atoms with Crippen molar-refractivity contribution in [3.63, 3.8) is 0 Å². The van der Waals surface area contributed by atoms with Crippen molar-refractivity contribution in [3.05, 3.63) is 30.0 Å². The van der Waals surface area contributed by atoms with E-state index in [9.17, 15) is 14.4 Å². The van der Waals surface area contributed by atoms with E-state index in [1.807, 2.05) is 24.3 Å². The van der Waals surface area contributed by atoms with Crippen molar-refractivity contribution < 1.29 is 19.5 Å². The van der Waals surface area contributed by atoms with E-state index in [0.29, 0.717) is 25.9 Å². The van der Waals surface area contributed by atoms with Gasteiger partial charge in [0.25, 0.3) is 0 Å². The van der Waals surface area contributed by atoms with E-state index in [1.54, 1.807) is 4.90 Å². The Morgan fingerprint density at radius 2 is 2.04 bits per heavy atom. The van der Waals surface area contributed by atoms with Crippen molar-refractivity contribution in [1.82, 2.24) is 20.0 Å². The fourth-order valence-electron chi connectivity index (χ4n) is 3.70. The maximum Gasteiger partial charge on any atom is 0.323 e. The van der Waals surface area contributed by atoms with Crippen LogP contribution in [0.3, 0.4) is 0 Å². The number of H-pyrrole nitrogens is 1. The van der Waals surface area contributed by atoms with Gasteiger partial charge in [0.1, 0.15) is 6.54 Å². The van der Waals surface area contributed by atoms with Gasteiger partial charge in [0.15, 0.2) is 0 Å². The first-order valence-electron chi connectivity index (χ1n) is 9.14. The molecule has 2 heterocycles. The van der Waals surface area contributed by atoms with Crippen LogP contribution in [-0.4, -0.2) is 68.6 Å². The third-order valence-corrected chi connectivity index (χ3v) is 5.07. The number of likely N-dealkylation sites (tertiary alicyclic amines) is 1. The Hall–Kier alpha value is -2.90. The molecule has 2 amide bonds. The first-order valence-corrected chi connectivity index (χ1v) is 9.14. The Kier molecular flexibility index (Phi) is 5.73. The molecule has 1 aliphatic heterocycles. The van der Waals surface area contributed by atoms with Crippen LogP contribution in [0.15, 0.2) is 24.3 Å². The maximum atomic E-state index is 12.8. The molecule has 0 spiro atoms. The number of carboxylic acids is 1. The summed E-state index contributed by atoms with van der Waals surface area (Å²) >= 11 is 0. The van der Waals surface area contributed by atoms with Gasteiger partial charge in [0.2, 0.25) is 11.8 Å². The van der Waals surface area contributed by atoms with E-state index in [4.69, 9.17) is 5.11 Å². The third kappa shape index (κ3) is 4.45. The molecule has 144 valence electrons. The maximum absolute atomic E-state index is 12.8. The molecule has 3 rings (SSSR count). The normalized spacial score (nSPS) is 17.5. The van der Waals surface area contributed by atoms with E-state index in [-0.39, 0.29) is 30.8 Å². The van der Waals surface area contributed by atoms with Gasteiger partial charge >= 0.3 is 5.97 Å². The molecule has 1 saturated heterocycles. The standard InChI is InChI=1S/C19H24N4O4/c1-13(24)23(12-19(26)27)14-5-4-9-22(10-8-14)18(25)11-17-15-6-2-3-7-16(15)20-21-17/h2-3,6-7,14H,4-5,8-12H2,1H3,(H,20,21)(H,26,27). The SMILES string of the molecule is CC(=O)N(CC(=O)O)C1CCCN(C(=O)Cc2[nH]nc3ccccc23)CC1. The highest BCUT2D eigenvalue weighted by molar-refractivity contribution is 5.87. The zero-order valence-electron chi connectivity index (χ0n) is 15.4. The first kappa shape index (κ1) is 18.9. The molecule has 1 aromatic carbocycles. The van der Waals surface area contributed by atoms with Gasteiger partial charge in [-0.05, 0) is 25.3 Å². The largest absolute Gasteiger partial charge is 0.480 e. The van der Waals surface area contributed by atoms with Gasteiger partial charge in [-0.25, -0.2) is 0 Å². The summed E-state index contributed by atoms with van der Waals surface area (Å²) in [5.41, 5.74) is 1.63. The number of para-hydroxylation sites is 1. The molecule has 2 N–H and O–H groups in total. The summed E-state index contributed by atoms with van der Waals surface area (Å²) in [6.07, 6.45) is 2.27. The fraction of sp³-hybridized carbons (Fsp3) is 0.474. The van der Waals surface area contributed by atoms with Crippen LogP contribution in [0.5, 0.6) is 0 Å². The van der Waals surface area contributed by atoms with Gasteiger partial charge in [-0.3, -0.25) is 19.5 Å². The average molecular weight is 372 g/mol. The Bertz CT molecular complexity index is 847. The van der Waals surface area contributed by atoms with Crippen LogP contribution in [0.4, 0.5) is 0 Å². The summed E-state index contributed by atoms with van der Waals surface area (Å²) in [7, 11) is 0. The van der Waals surface area contributed by atoms with Crippen molar-refractivity contribution in [2.24, 2.45) is 0 Å². The number of aliphatic carboxylic acids is 1. The molecular weight excluding hydrogens is 348 g/mol. The van der Waals surface area contributed by atoms with Gasteiger partial charge in [-0.2, -0.15) is 5.10 Å². The minimum atomic E-state index is -1.02. The lowest BCUT2D eigenvalue weighted by atomic mass is 10.1. The second kappa shape index (κ2) is 8.20. The molecule has 0 bridgehead atoms. The number of hydrogen-bond donors (Lipinski definition) is 2. The van der Waals surface area contributed by atoms with Crippen molar-refractivity contribution in [2.75, 3.05) is 19.6 Å². The smallest absolute Gasteiger partial charge is 0.323 e. The third-order valence-electron chi connectivity index (χ3n) is 5.07. The summed E-state index contributed by atoms with van der Waals surface area (Å²) in [6.45, 7) is 2.22. The second-order valence-corrected chi connectivity index (χ2v) is 6.90. The predicted molar refractivity (Wildman–Crippen MR) is 99.0 cm³/mol. The Morgan fingerprint density at radius 3 is 2.78 bits per heavy atom. The number of benzene rings is 1. The summed E-state index contributed by atoms with van der Waals surface area (Å²) in [5, 5.41) is 17.2. The molecule has 1 aliphatic rings. The quantitative estimate of drug-likeness (QED) is 0.825. The highest BCUT2D eigenvalue weighted by Gasteiger charge is 2.27. The van der Waals surface area contributed by atoms with E-state index in [2.05, 4.69) is 10.2 Å². The molecule has 0 aliphatic carbocycles. The highest BCUT2D eigenvalue weighted by atomic mass is 16.4. The zero-order valence-corrected chi connectivity index (χ0v) is 15.4. The Balaban J connectivity index is 1.64. The van der Waals surface area contributed by atoms with Crippen molar-refractivity contribution in [1.29, 1.82) is 0 Å². The van der Waals surface area contributed by atoms with Gasteiger partial charge in [0, 0.05) is 31.4 Å². The Labute approximate surface area is 157 Å². The molecular formula is C19H24N4O4. The molecule has 8 nitrogen and oxygen atoms in total. The molecule has 1 unspecified atom stereocenters. The monoisotopic (exact) mass is 372 g/mol. The molecule has 1 aromatic heterocycles. The van der Waals surface area contributed by atoms with Gasteiger partial charge in [0.05, 0.1) is 17.6 Å². The summed E-state index contributed by atoms with van der Waals surface area (Å²) in [4.78, 5) is 38.8. The number of nitrogens with zero attached hydrogens (tertiary/aromatic N) is 3. The zero-order chi connectivity index (χ0) is 19.4. The lowest BCUT2D eigenvalue weighted by Gasteiger charge is -2.28. The second-order valence-electron chi connectivity index (χ2n) is 6.90. The van der Waals surface area contributed by atoms with Crippen LogP contribution in [0.1, 0.15) is 31.9 Å². The van der Waals surface area contributed by atoms with Gasteiger partial charge in [-0.1, -0.05) is 18.2 Å². The highest BCUT2D eigenvalue weighted by Crippen LogP contribution is 2.20. The molecule has 8 heteroatoms. The number of amides is 2. The number of fused-ring (bicyclic) bond motifs is 1. The minimum Gasteiger partial charge on any atom is -0.480 e. The summed E-state index contributed by atoms with van der Waals surface area (Å²) in [5.74, 6) is -1.25. The number of carbonyl (C=O) groups is 3. The summed E-state index contributed by atoms with van der Waals surface area (Å²) < 4.78 is 0. The van der Waals surface area contributed by atoms with Gasteiger partial charge in [-0.15, -0.1) is 0 Å². The number of carboxylic acid groups (broad SMARTS) is 1. The molecule has 0 radical (unpaired) electrons. The van der Waals surface area contributed by atoms with Crippen molar-refractivity contribution in [3.8, 4) is 0 Å². The van der Waals surface area contributed by atoms with Crippen LogP contribution in [0, 0.1) is 0 Å². The minimum absolute atomic E-state index is 0.0117. The first-order chi connectivity index (χ1) is 13.0. The van der Waals surface area contributed by atoms with Crippen LogP contribution in [-0.2, 0) is 20.8 Å². The molecule has 0 saturated carbocycles. The lowest BCUT2D eigenvalue weighted by Crippen LogP contribution is -2.43. The van der Waals surface area contributed by atoms with Crippen molar-refractivity contribution in [2.45, 2.75) is 38.6 Å². The molecule has 1 fully saturated rings. The molecule has 27 heavy (non-hydrogen) atoms. The number of aromatic nitrogens is 2. The Morgan fingerprint density at radius 1 is 1.26 bits per heavy atom. The number of carbonyl (C=O) groups excluding carboxylic acids is 2. The number of aromatic amines is 1. The summed E-state index contributed by atoms with van der Waals surface area (Å²) in [6, 6.07) is 7.51. The van der Waals surface area contributed by atoms with Crippen LogP contribution < -0.4 is 0 Å². The molecule has 1 atom stereocenters. The van der Waals surface area contributed by atoms with Gasteiger partial charge < -0.3 is 14.9 Å². The van der Waals surface area contributed by atoms with E-state index >= 15 is 0 Å². The predicted octanol–water partition coefficient (Wildman–Crippen LogP) is 1.42. The lowest BCUT2D eigenvalue weighted by molar-refractivity contribution is -0.145. The molecule has 2 aromatic rings. The number of hydrogen-bond acceptors (Lipinski definition) is 4. The van der Waals surface area contributed by atoms with Crippen LogP contribution in [0.25, 0.3) is 10.9 Å². The average Bonchev–Trinajstić information content (AvgIpc) is 2.87. The van der Waals surface area contributed by atoms with Crippen LogP contribution in [0.2, 0.25) is 0 Å².